The van der Waals surface area contributed by atoms with Crippen molar-refractivity contribution in [2.75, 3.05) is 0 Å². The first-order valence-corrected chi connectivity index (χ1v) is 4.98. The van der Waals surface area contributed by atoms with Crippen molar-refractivity contribution in [2.45, 2.75) is 33.3 Å². The van der Waals surface area contributed by atoms with Gasteiger partial charge >= 0.3 is 0 Å². The highest BCUT2D eigenvalue weighted by atomic mass is 32.1. The highest BCUT2D eigenvalue weighted by Gasteiger charge is 2.10. The van der Waals surface area contributed by atoms with Gasteiger partial charge < -0.3 is 4.84 Å². The molecule has 3 nitrogen and oxygen atoms in total. The summed E-state index contributed by atoms with van der Waals surface area (Å²) in [5, 5.41) is 4.02. The standard InChI is InChI=1S/C9H14N2OS/c1-7(8-5-10-6-13-8)11-12-9(2,3)4/h5-6H,1-4H3/b11-7+. The van der Waals surface area contributed by atoms with Crippen LogP contribution in [-0.2, 0) is 4.84 Å². The Labute approximate surface area is 82.4 Å². The summed E-state index contributed by atoms with van der Waals surface area (Å²) in [5.41, 5.74) is 2.43. The highest BCUT2D eigenvalue weighted by Crippen LogP contribution is 2.11. The summed E-state index contributed by atoms with van der Waals surface area (Å²) in [4.78, 5) is 10.3. The average molecular weight is 198 g/mol. The molecule has 72 valence electrons. The fraction of sp³-hybridized carbons (Fsp3) is 0.556. The second kappa shape index (κ2) is 3.87. The van der Waals surface area contributed by atoms with Crippen molar-refractivity contribution in [1.29, 1.82) is 0 Å². The predicted molar refractivity (Wildman–Crippen MR) is 55.2 cm³/mol. The van der Waals surface area contributed by atoms with Gasteiger partial charge in [-0.05, 0) is 27.7 Å². The summed E-state index contributed by atoms with van der Waals surface area (Å²) < 4.78 is 0. The summed E-state index contributed by atoms with van der Waals surface area (Å²) in [6.45, 7) is 7.82. The predicted octanol–water partition coefficient (Wildman–Crippen LogP) is 2.68. The van der Waals surface area contributed by atoms with Crippen LogP contribution in [-0.4, -0.2) is 16.3 Å². The molecule has 1 heterocycles. The maximum atomic E-state index is 5.28. The van der Waals surface area contributed by atoms with Gasteiger partial charge in [-0.3, -0.25) is 4.98 Å². The van der Waals surface area contributed by atoms with Gasteiger partial charge in [0.15, 0.2) is 0 Å². The molecule has 0 amide bonds. The first-order chi connectivity index (χ1) is 5.99. The third kappa shape index (κ3) is 3.55. The molecule has 13 heavy (non-hydrogen) atoms. The molecule has 0 radical (unpaired) electrons. The smallest absolute Gasteiger partial charge is 0.129 e. The molecule has 4 heteroatoms. The molecule has 0 fully saturated rings. The van der Waals surface area contributed by atoms with Gasteiger partial charge in [0.05, 0.1) is 16.1 Å². The van der Waals surface area contributed by atoms with E-state index < -0.39 is 0 Å². The average Bonchev–Trinajstić information content (AvgIpc) is 2.50. The fourth-order valence-corrected chi connectivity index (χ4v) is 1.21. The van der Waals surface area contributed by atoms with Crippen molar-refractivity contribution in [2.24, 2.45) is 5.16 Å². The lowest BCUT2D eigenvalue weighted by Crippen LogP contribution is -2.16. The van der Waals surface area contributed by atoms with Gasteiger partial charge in [-0.2, -0.15) is 0 Å². The molecular weight excluding hydrogens is 184 g/mol. The quantitative estimate of drug-likeness (QED) is 0.541. The Morgan fingerprint density at radius 2 is 2.23 bits per heavy atom. The van der Waals surface area contributed by atoms with E-state index in [4.69, 9.17) is 4.84 Å². The lowest BCUT2D eigenvalue weighted by molar-refractivity contribution is 0.000985. The van der Waals surface area contributed by atoms with Crippen LogP contribution in [0.3, 0.4) is 0 Å². The van der Waals surface area contributed by atoms with Crippen molar-refractivity contribution in [3.8, 4) is 0 Å². The molecule has 0 aliphatic rings. The van der Waals surface area contributed by atoms with E-state index in [1.54, 1.807) is 23.0 Å². The van der Waals surface area contributed by atoms with E-state index in [-0.39, 0.29) is 5.60 Å². The zero-order valence-corrected chi connectivity index (χ0v) is 9.18. The van der Waals surface area contributed by atoms with E-state index in [1.807, 2.05) is 27.7 Å². The molecule has 0 unspecified atom stereocenters. The number of oxime groups is 1. The van der Waals surface area contributed by atoms with Gasteiger partial charge in [-0.25, -0.2) is 0 Å². The van der Waals surface area contributed by atoms with Gasteiger partial charge in [0.1, 0.15) is 5.60 Å². The lowest BCUT2D eigenvalue weighted by Gasteiger charge is -2.15. The molecule has 0 aliphatic heterocycles. The molecular formula is C9H14N2OS. The van der Waals surface area contributed by atoms with Crippen LogP contribution in [0.4, 0.5) is 0 Å². The fourth-order valence-electron chi connectivity index (χ4n) is 0.645. The third-order valence-electron chi connectivity index (χ3n) is 1.25. The van der Waals surface area contributed by atoms with Crippen molar-refractivity contribution in [1.82, 2.24) is 4.98 Å². The molecule has 0 saturated heterocycles. The molecule has 1 rings (SSSR count). The van der Waals surface area contributed by atoms with Crippen LogP contribution in [0.25, 0.3) is 0 Å². The number of nitrogens with zero attached hydrogens (tertiary/aromatic N) is 2. The first-order valence-electron chi connectivity index (χ1n) is 4.11. The van der Waals surface area contributed by atoms with Crippen LogP contribution in [0.1, 0.15) is 32.6 Å². The second-order valence-corrected chi connectivity index (χ2v) is 4.63. The normalized spacial score (nSPS) is 13.1. The molecule has 0 spiro atoms. The van der Waals surface area contributed by atoms with Gasteiger partial charge in [-0.15, -0.1) is 11.3 Å². The lowest BCUT2D eigenvalue weighted by atomic mass is 10.2. The van der Waals surface area contributed by atoms with Gasteiger partial charge in [0.2, 0.25) is 0 Å². The van der Waals surface area contributed by atoms with E-state index in [9.17, 15) is 0 Å². The largest absolute Gasteiger partial charge is 0.390 e. The van der Waals surface area contributed by atoms with Gasteiger partial charge in [0, 0.05) is 6.20 Å². The van der Waals surface area contributed by atoms with Crippen LogP contribution in [0, 0.1) is 0 Å². The van der Waals surface area contributed by atoms with Crippen LogP contribution >= 0.6 is 11.3 Å². The first kappa shape index (κ1) is 10.2. The SMILES string of the molecule is C/C(=N\OC(C)(C)C)c1cncs1. The Bertz CT molecular complexity index is 285. The van der Waals surface area contributed by atoms with E-state index >= 15 is 0 Å². The maximum absolute atomic E-state index is 5.28. The number of hydrogen-bond acceptors (Lipinski definition) is 4. The summed E-state index contributed by atoms with van der Waals surface area (Å²) >= 11 is 1.56. The number of hydrogen-bond donors (Lipinski definition) is 0. The van der Waals surface area contributed by atoms with Crippen molar-refractivity contribution < 1.29 is 4.84 Å². The molecule has 0 saturated carbocycles. The van der Waals surface area contributed by atoms with E-state index in [0.29, 0.717) is 0 Å². The summed E-state index contributed by atoms with van der Waals surface area (Å²) in [7, 11) is 0. The molecule has 0 atom stereocenters. The van der Waals surface area contributed by atoms with Crippen molar-refractivity contribution in [3.63, 3.8) is 0 Å². The third-order valence-corrected chi connectivity index (χ3v) is 2.13. The zero-order chi connectivity index (χ0) is 9.90. The summed E-state index contributed by atoms with van der Waals surface area (Å²) in [6, 6.07) is 0. The minimum atomic E-state index is -0.230. The van der Waals surface area contributed by atoms with Crippen LogP contribution in [0.15, 0.2) is 16.9 Å². The molecule has 1 aromatic rings. The Kier molecular flexibility index (Phi) is 3.03. The van der Waals surface area contributed by atoms with E-state index in [0.717, 1.165) is 10.6 Å². The topological polar surface area (TPSA) is 34.5 Å². The van der Waals surface area contributed by atoms with Gasteiger partial charge in [-0.1, -0.05) is 5.16 Å². The Morgan fingerprint density at radius 3 is 2.69 bits per heavy atom. The second-order valence-electron chi connectivity index (χ2n) is 3.75. The summed E-state index contributed by atoms with van der Waals surface area (Å²) in [5.74, 6) is 0. The Morgan fingerprint density at radius 1 is 1.54 bits per heavy atom. The number of rotatable bonds is 2. The van der Waals surface area contributed by atoms with Crippen LogP contribution in [0.5, 0.6) is 0 Å². The zero-order valence-electron chi connectivity index (χ0n) is 8.37. The number of thiazole rings is 1. The van der Waals surface area contributed by atoms with Crippen molar-refractivity contribution >= 4 is 17.0 Å². The molecule has 0 N–H and O–H groups in total. The minimum absolute atomic E-state index is 0.230. The molecule has 0 aromatic carbocycles. The van der Waals surface area contributed by atoms with Crippen LogP contribution in [0.2, 0.25) is 0 Å². The Hall–Kier alpha value is -0.900. The molecule has 0 bridgehead atoms. The summed E-state index contributed by atoms with van der Waals surface area (Å²) in [6.07, 6.45) is 1.79. The highest BCUT2D eigenvalue weighted by molar-refractivity contribution is 7.11. The minimum Gasteiger partial charge on any atom is -0.390 e. The van der Waals surface area contributed by atoms with Crippen molar-refractivity contribution in [3.05, 3.63) is 16.6 Å². The van der Waals surface area contributed by atoms with E-state index in [2.05, 4.69) is 10.1 Å². The molecule has 1 aromatic heterocycles. The van der Waals surface area contributed by atoms with Crippen LogP contribution < -0.4 is 0 Å². The van der Waals surface area contributed by atoms with Gasteiger partial charge in [0.25, 0.3) is 0 Å². The maximum Gasteiger partial charge on any atom is 0.129 e. The van der Waals surface area contributed by atoms with E-state index in [1.165, 1.54) is 0 Å². The molecule has 0 aliphatic carbocycles. The monoisotopic (exact) mass is 198 g/mol. The Balaban J connectivity index is 2.63. The number of aromatic nitrogens is 1.